The van der Waals surface area contributed by atoms with Gasteiger partial charge in [0, 0.05) is 0 Å². The van der Waals surface area contributed by atoms with E-state index in [0.29, 0.717) is 17.8 Å². The van der Waals surface area contributed by atoms with Crippen molar-refractivity contribution in [3.8, 4) is 0 Å². The quantitative estimate of drug-likeness (QED) is 0.467. The number of rotatable bonds is 6. The number of esters is 1. The number of ether oxygens (including phenoxy) is 1. The van der Waals surface area contributed by atoms with E-state index in [1.165, 1.54) is 44.9 Å². The van der Waals surface area contributed by atoms with Crippen LogP contribution in [0, 0.1) is 28.6 Å². The standard InChI is InChI=1S/C24H44O2/c1-18(2)16-23(7,19(3)4)21(25)26-24(20-12-9-8-10-13-20)15-11-14-22(5,6)17-24/h18-20H,8-17H2,1-7H3. The van der Waals surface area contributed by atoms with Crippen LogP contribution in [0.5, 0.6) is 0 Å². The highest BCUT2D eigenvalue weighted by atomic mass is 16.6. The lowest BCUT2D eigenvalue weighted by Crippen LogP contribution is -2.52. The van der Waals surface area contributed by atoms with Gasteiger partial charge in [-0.2, -0.15) is 0 Å². The molecule has 2 aliphatic carbocycles. The Morgan fingerprint density at radius 3 is 2.15 bits per heavy atom. The molecule has 2 unspecified atom stereocenters. The van der Waals surface area contributed by atoms with Crippen LogP contribution >= 0.6 is 0 Å². The Morgan fingerprint density at radius 2 is 1.65 bits per heavy atom. The SMILES string of the molecule is CC(C)CC(C)(C(=O)OC1(C2CCCCC2)CCCC(C)(C)C1)C(C)C. The summed E-state index contributed by atoms with van der Waals surface area (Å²) in [5, 5.41) is 0. The zero-order chi connectivity index (χ0) is 19.6. The van der Waals surface area contributed by atoms with Crippen molar-refractivity contribution in [1.29, 1.82) is 0 Å². The number of carbonyl (C=O) groups is 1. The molecule has 0 aromatic heterocycles. The minimum Gasteiger partial charge on any atom is -0.458 e. The first-order chi connectivity index (χ1) is 12.0. The molecule has 0 aliphatic heterocycles. The van der Waals surface area contributed by atoms with E-state index in [2.05, 4.69) is 48.5 Å². The second kappa shape index (κ2) is 8.23. The van der Waals surface area contributed by atoms with Crippen LogP contribution in [0.3, 0.4) is 0 Å². The smallest absolute Gasteiger partial charge is 0.312 e. The summed E-state index contributed by atoms with van der Waals surface area (Å²) >= 11 is 0. The Balaban J connectivity index is 2.29. The largest absolute Gasteiger partial charge is 0.458 e. The summed E-state index contributed by atoms with van der Waals surface area (Å²) in [5.41, 5.74) is -0.313. The monoisotopic (exact) mass is 364 g/mol. The molecule has 2 rings (SSSR count). The second-order valence-corrected chi connectivity index (χ2v) is 11.2. The maximum Gasteiger partial charge on any atom is 0.312 e. The van der Waals surface area contributed by atoms with Gasteiger partial charge in [0.1, 0.15) is 5.60 Å². The van der Waals surface area contributed by atoms with E-state index in [9.17, 15) is 4.79 Å². The van der Waals surface area contributed by atoms with Crippen molar-refractivity contribution in [3.63, 3.8) is 0 Å². The molecular formula is C24H44O2. The lowest BCUT2D eigenvalue weighted by atomic mass is 9.62. The average Bonchev–Trinajstić information content (AvgIpc) is 2.53. The fourth-order valence-electron chi connectivity index (χ4n) is 5.70. The Bertz CT molecular complexity index is 473. The summed E-state index contributed by atoms with van der Waals surface area (Å²) in [5.74, 6) is 1.44. The summed E-state index contributed by atoms with van der Waals surface area (Å²) in [4.78, 5) is 13.5. The first-order valence-corrected chi connectivity index (χ1v) is 11.2. The third-order valence-corrected chi connectivity index (χ3v) is 7.45. The highest BCUT2D eigenvalue weighted by molar-refractivity contribution is 5.77. The minimum absolute atomic E-state index is 0.0736. The van der Waals surface area contributed by atoms with Gasteiger partial charge in [-0.15, -0.1) is 0 Å². The Labute approximate surface area is 162 Å². The van der Waals surface area contributed by atoms with Crippen LogP contribution in [0.1, 0.15) is 113 Å². The fraction of sp³-hybridized carbons (Fsp3) is 0.958. The molecule has 2 aliphatic rings. The van der Waals surface area contributed by atoms with Crippen molar-refractivity contribution >= 4 is 5.97 Å². The average molecular weight is 365 g/mol. The van der Waals surface area contributed by atoms with Crippen LogP contribution in [0.2, 0.25) is 0 Å². The van der Waals surface area contributed by atoms with Crippen molar-refractivity contribution in [2.75, 3.05) is 0 Å². The molecule has 0 aromatic rings. The zero-order valence-corrected chi connectivity index (χ0v) is 18.6. The van der Waals surface area contributed by atoms with E-state index >= 15 is 0 Å². The Hall–Kier alpha value is -0.530. The summed E-state index contributed by atoms with van der Waals surface area (Å²) in [6.45, 7) is 15.7. The van der Waals surface area contributed by atoms with Crippen LogP contribution < -0.4 is 0 Å². The van der Waals surface area contributed by atoms with Crippen LogP contribution in [-0.2, 0) is 9.53 Å². The van der Waals surface area contributed by atoms with E-state index in [0.717, 1.165) is 19.3 Å². The van der Waals surface area contributed by atoms with Crippen molar-refractivity contribution in [1.82, 2.24) is 0 Å². The van der Waals surface area contributed by atoms with Crippen LogP contribution in [-0.4, -0.2) is 11.6 Å². The molecule has 0 N–H and O–H groups in total. The van der Waals surface area contributed by atoms with Gasteiger partial charge in [-0.1, -0.05) is 60.8 Å². The number of carbonyl (C=O) groups excluding carboxylic acids is 1. The maximum absolute atomic E-state index is 13.5. The Morgan fingerprint density at radius 1 is 1.04 bits per heavy atom. The molecule has 2 heteroatoms. The van der Waals surface area contributed by atoms with E-state index in [1.54, 1.807) is 0 Å². The van der Waals surface area contributed by atoms with Gasteiger partial charge in [-0.3, -0.25) is 4.79 Å². The third kappa shape index (κ3) is 4.84. The molecule has 2 saturated carbocycles. The lowest BCUT2D eigenvalue weighted by molar-refractivity contribution is -0.194. The summed E-state index contributed by atoms with van der Waals surface area (Å²) in [6.07, 6.45) is 11.9. The molecule has 0 saturated heterocycles. The molecule has 0 bridgehead atoms. The van der Waals surface area contributed by atoms with Crippen molar-refractivity contribution in [3.05, 3.63) is 0 Å². The topological polar surface area (TPSA) is 26.3 Å². The molecule has 0 radical (unpaired) electrons. The van der Waals surface area contributed by atoms with E-state index in [4.69, 9.17) is 4.74 Å². The first-order valence-electron chi connectivity index (χ1n) is 11.2. The molecule has 0 spiro atoms. The van der Waals surface area contributed by atoms with Gasteiger partial charge in [0.2, 0.25) is 0 Å². The van der Waals surface area contributed by atoms with Gasteiger partial charge < -0.3 is 4.74 Å². The molecule has 2 fully saturated rings. The number of hydrogen-bond acceptors (Lipinski definition) is 2. The summed E-state index contributed by atoms with van der Waals surface area (Å²) < 4.78 is 6.64. The zero-order valence-electron chi connectivity index (χ0n) is 18.6. The molecular weight excluding hydrogens is 320 g/mol. The highest BCUT2D eigenvalue weighted by Crippen LogP contribution is 2.51. The third-order valence-electron chi connectivity index (χ3n) is 7.45. The second-order valence-electron chi connectivity index (χ2n) is 11.2. The Kier molecular flexibility index (Phi) is 6.89. The highest BCUT2D eigenvalue weighted by Gasteiger charge is 2.51. The molecule has 2 atom stereocenters. The van der Waals surface area contributed by atoms with Crippen LogP contribution in [0.15, 0.2) is 0 Å². The van der Waals surface area contributed by atoms with E-state index < -0.39 is 0 Å². The first kappa shape index (κ1) is 21.8. The normalized spacial score (nSPS) is 29.6. The molecule has 0 heterocycles. The van der Waals surface area contributed by atoms with Crippen molar-refractivity contribution in [2.24, 2.45) is 28.6 Å². The van der Waals surface area contributed by atoms with Crippen LogP contribution in [0.25, 0.3) is 0 Å². The number of hydrogen-bond donors (Lipinski definition) is 0. The molecule has 2 nitrogen and oxygen atoms in total. The van der Waals surface area contributed by atoms with Gasteiger partial charge in [0.05, 0.1) is 5.41 Å². The predicted octanol–water partition coefficient (Wildman–Crippen LogP) is 7.16. The maximum atomic E-state index is 13.5. The molecule has 26 heavy (non-hydrogen) atoms. The summed E-state index contributed by atoms with van der Waals surface area (Å²) in [7, 11) is 0. The van der Waals surface area contributed by atoms with Crippen LogP contribution in [0.4, 0.5) is 0 Å². The van der Waals surface area contributed by atoms with Crippen molar-refractivity contribution < 1.29 is 9.53 Å². The lowest BCUT2D eigenvalue weighted by Gasteiger charge is -2.51. The van der Waals surface area contributed by atoms with E-state index in [1.807, 2.05) is 0 Å². The fourth-order valence-corrected chi connectivity index (χ4v) is 5.70. The van der Waals surface area contributed by atoms with E-state index in [-0.39, 0.29) is 22.4 Å². The molecule has 152 valence electrons. The van der Waals surface area contributed by atoms with Gasteiger partial charge in [0.25, 0.3) is 0 Å². The molecule has 0 amide bonds. The summed E-state index contributed by atoms with van der Waals surface area (Å²) in [6, 6.07) is 0. The van der Waals surface area contributed by atoms with Gasteiger partial charge in [-0.05, 0) is 75.0 Å². The van der Waals surface area contributed by atoms with Crippen molar-refractivity contribution in [2.45, 2.75) is 118 Å². The van der Waals surface area contributed by atoms with Gasteiger partial charge in [0.15, 0.2) is 0 Å². The van der Waals surface area contributed by atoms with Gasteiger partial charge >= 0.3 is 5.97 Å². The predicted molar refractivity (Wildman–Crippen MR) is 110 cm³/mol. The molecule has 0 aromatic carbocycles. The minimum atomic E-state index is -0.378. The van der Waals surface area contributed by atoms with Gasteiger partial charge in [-0.25, -0.2) is 0 Å².